The smallest absolute Gasteiger partial charge is 0.409 e. The second kappa shape index (κ2) is 4.22. The lowest BCUT2D eigenvalue weighted by atomic mass is 10.2. The quantitative estimate of drug-likeness (QED) is 0.820. The molecular weight excluding hydrogens is 208 g/mol. The molecule has 1 aliphatic rings. The summed E-state index contributed by atoms with van der Waals surface area (Å²) in [5.74, 6) is 0.339. The van der Waals surface area contributed by atoms with E-state index in [4.69, 9.17) is 4.74 Å². The summed E-state index contributed by atoms with van der Waals surface area (Å²) in [5, 5.41) is 1.17. The molecule has 16 heavy (non-hydrogen) atoms. The van der Waals surface area contributed by atoms with Crippen LogP contribution in [0.3, 0.4) is 0 Å². The molecule has 2 amide bonds. The summed E-state index contributed by atoms with van der Waals surface area (Å²) in [5.41, 5.74) is 3.35. The maximum atomic E-state index is 11.5. The maximum absolute atomic E-state index is 11.5. The molecule has 0 aliphatic carbocycles. The molecule has 1 aromatic rings. The second-order valence-electron chi connectivity index (χ2n) is 3.45. The summed E-state index contributed by atoms with van der Waals surface area (Å²) in [7, 11) is 0. The molecule has 84 valence electrons. The van der Waals surface area contributed by atoms with Crippen LogP contribution in [0, 0.1) is 0 Å². The highest BCUT2D eigenvalue weighted by Crippen LogP contribution is 2.24. The van der Waals surface area contributed by atoms with Crippen LogP contribution in [0.2, 0.25) is 0 Å². The monoisotopic (exact) mass is 220 g/mol. The van der Waals surface area contributed by atoms with E-state index < -0.39 is 6.09 Å². The standard InChI is InChI=1S/C11H12N2O3/c1-2-10(14)12-13-7-8-5-3-4-6-9(8)16-11(13)15/h3-6H,2,7H2,1H3,(H,12,14). The summed E-state index contributed by atoms with van der Waals surface area (Å²) in [4.78, 5) is 22.7. The lowest BCUT2D eigenvalue weighted by molar-refractivity contribution is -0.125. The number of amides is 2. The average Bonchev–Trinajstić information content (AvgIpc) is 2.30. The van der Waals surface area contributed by atoms with Gasteiger partial charge in [-0.15, -0.1) is 0 Å². The molecule has 0 saturated heterocycles. The molecule has 1 aromatic carbocycles. The number of carbonyl (C=O) groups excluding carboxylic acids is 2. The van der Waals surface area contributed by atoms with Crippen LogP contribution < -0.4 is 10.2 Å². The van der Waals surface area contributed by atoms with Crippen LogP contribution in [0.1, 0.15) is 18.9 Å². The van der Waals surface area contributed by atoms with E-state index in [1.807, 2.05) is 12.1 Å². The molecule has 1 N–H and O–H groups in total. The molecule has 0 fully saturated rings. The van der Waals surface area contributed by atoms with Gasteiger partial charge in [-0.2, -0.15) is 0 Å². The van der Waals surface area contributed by atoms with E-state index in [2.05, 4.69) is 5.43 Å². The molecule has 5 heteroatoms. The first-order valence-electron chi connectivity index (χ1n) is 5.07. The number of para-hydroxylation sites is 1. The number of hydrogen-bond donors (Lipinski definition) is 1. The summed E-state index contributed by atoms with van der Waals surface area (Å²) in [6.07, 6.45) is -0.230. The van der Waals surface area contributed by atoms with Crippen LogP contribution in [-0.4, -0.2) is 17.0 Å². The number of nitrogens with one attached hydrogen (secondary N) is 1. The Labute approximate surface area is 93.0 Å². The van der Waals surface area contributed by atoms with Crippen molar-refractivity contribution < 1.29 is 14.3 Å². The molecule has 0 saturated carbocycles. The van der Waals surface area contributed by atoms with E-state index in [1.54, 1.807) is 19.1 Å². The fourth-order valence-corrected chi connectivity index (χ4v) is 1.43. The lowest BCUT2D eigenvalue weighted by Gasteiger charge is -2.27. The highest BCUT2D eigenvalue weighted by atomic mass is 16.6. The first kappa shape index (κ1) is 10.5. The number of rotatable bonds is 2. The fraction of sp³-hybridized carbons (Fsp3) is 0.273. The molecule has 1 heterocycles. The van der Waals surface area contributed by atoms with Crippen LogP contribution in [0.5, 0.6) is 5.75 Å². The van der Waals surface area contributed by atoms with Gasteiger partial charge in [0.05, 0.1) is 6.54 Å². The molecule has 0 spiro atoms. The van der Waals surface area contributed by atoms with E-state index in [1.165, 1.54) is 5.01 Å². The van der Waals surface area contributed by atoms with Crippen molar-refractivity contribution in [2.24, 2.45) is 0 Å². The van der Waals surface area contributed by atoms with Gasteiger partial charge in [-0.05, 0) is 6.07 Å². The van der Waals surface area contributed by atoms with Crippen LogP contribution >= 0.6 is 0 Å². The number of hydrogen-bond acceptors (Lipinski definition) is 3. The Morgan fingerprint density at radius 2 is 2.25 bits per heavy atom. The number of hydrazine groups is 1. The molecule has 0 unspecified atom stereocenters. The zero-order chi connectivity index (χ0) is 11.5. The molecule has 0 atom stereocenters. The Morgan fingerprint density at radius 1 is 1.50 bits per heavy atom. The second-order valence-corrected chi connectivity index (χ2v) is 3.45. The Kier molecular flexibility index (Phi) is 2.76. The van der Waals surface area contributed by atoms with Crippen LogP contribution in [0.15, 0.2) is 24.3 Å². The Bertz CT molecular complexity index is 431. The topological polar surface area (TPSA) is 58.6 Å². The summed E-state index contributed by atoms with van der Waals surface area (Å²) in [6.45, 7) is 2.05. The van der Waals surface area contributed by atoms with Gasteiger partial charge in [-0.25, -0.2) is 9.80 Å². The van der Waals surface area contributed by atoms with Gasteiger partial charge in [0.25, 0.3) is 0 Å². The van der Waals surface area contributed by atoms with Crippen LogP contribution in [0.4, 0.5) is 4.79 Å². The first-order valence-corrected chi connectivity index (χ1v) is 5.07. The molecule has 0 aromatic heterocycles. The van der Waals surface area contributed by atoms with Gasteiger partial charge in [0, 0.05) is 12.0 Å². The molecule has 2 rings (SSSR count). The minimum absolute atomic E-state index is 0.212. The van der Waals surface area contributed by atoms with Gasteiger partial charge in [0.15, 0.2) is 0 Å². The van der Waals surface area contributed by atoms with Crippen molar-refractivity contribution in [3.8, 4) is 5.75 Å². The SMILES string of the molecule is CCC(=O)NN1Cc2ccccc2OC1=O. The Morgan fingerprint density at radius 3 is 3.00 bits per heavy atom. The number of nitrogens with zero attached hydrogens (tertiary/aromatic N) is 1. The van der Waals surface area contributed by atoms with Gasteiger partial charge >= 0.3 is 6.09 Å². The van der Waals surface area contributed by atoms with Gasteiger partial charge < -0.3 is 4.74 Å². The third kappa shape index (κ3) is 1.98. The summed E-state index contributed by atoms with van der Waals surface area (Å²) >= 11 is 0. The first-order chi connectivity index (χ1) is 7.70. The minimum Gasteiger partial charge on any atom is -0.409 e. The summed E-state index contributed by atoms with van der Waals surface area (Å²) < 4.78 is 5.06. The lowest BCUT2D eigenvalue weighted by Crippen LogP contribution is -2.48. The van der Waals surface area contributed by atoms with Gasteiger partial charge in [0.1, 0.15) is 5.75 Å². The average molecular weight is 220 g/mol. The largest absolute Gasteiger partial charge is 0.434 e. The zero-order valence-corrected chi connectivity index (χ0v) is 8.90. The van der Waals surface area contributed by atoms with E-state index in [9.17, 15) is 9.59 Å². The third-order valence-electron chi connectivity index (χ3n) is 2.30. The number of carbonyl (C=O) groups is 2. The molecule has 1 aliphatic heterocycles. The number of benzene rings is 1. The van der Waals surface area contributed by atoms with Crippen LogP contribution in [-0.2, 0) is 11.3 Å². The van der Waals surface area contributed by atoms with Crippen molar-refractivity contribution in [1.82, 2.24) is 10.4 Å². The van der Waals surface area contributed by atoms with E-state index in [0.717, 1.165) is 5.56 Å². The number of fused-ring (bicyclic) bond motifs is 1. The van der Waals surface area contributed by atoms with Crippen molar-refractivity contribution in [2.45, 2.75) is 19.9 Å². The van der Waals surface area contributed by atoms with E-state index >= 15 is 0 Å². The van der Waals surface area contributed by atoms with Crippen molar-refractivity contribution in [2.75, 3.05) is 0 Å². The van der Waals surface area contributed by atoms with Crippen LogP contribution in [0.25, 0.3) is 0 Å². The molecule has 5 nitrogen and oxygen atoms in total. The molecular formula is C11H12N2O3. The van der Waals surface area contributed by atoms with Crippen molar-refractivity contribution in [3.05, 3.63) is 29.8 Å². The third-order valence-corrected chi connectivity index (χ3v) is 2.30. The van der Waals surface area contributed by atoms with E-state index in [-0.39, 0.29) is 5.91 Å². The summed E-state index contributed by atoms with van der Waals surface area (Å²) in [6, 6.07) is 7.24. The Hall–Kier alpha value is -2.04. The fourth-order valence-electron chi connectivity index (χ4n) is 1.43. The predicted octanol–water partition coefficient (Wildman–Crippen LogP) is 1.44. The highest BCUT2D eigenvalue weighted by Gasteiger charge is 2.25. The van der Waals surface area contributed by atoms with Gasteiger partial charge in [0.2, 0.25) is 5.91 Å². The van der Waals surface area contributed by atoms with Crippen molar-refractivity contribution in [1.29, 1.82) is 0 Å². The van der Waals surface area contributed by atoms with Gasteiger partial charge in [-0.1, -0.05) is 25.1 Å². The van der Waals surface area contributed by atoms with Gasteiger partial charge in [-0.3, -0.25) is 10.2 Å². The predicted molar refractivity (Wildman–Crippen MR) is 56.4 cm³/mol. The minimum atomic E-state index is -0.555. The highest BCUT2D eigenvalue weighted by molar-refractivity contribution is 5.80. The molecule has 0 bridgehead atoms. The Balaban J connectivity index is 2.15. The van der Waals surface area contributed by atoms with Crippen molar-refractivity contribution >= 4 is 12.0 Å². The van der Waals surface area contributed by atoms with Crippen molar-refractivity contribution in [3.63, 3.8) is 0 Å². The maximum Gasteiger partial charge on any atom is 0.434 e. The number of ether oxygens (including phenoxy) is 1. The normalized spacial score (nSPS) is 14.1. The van der Waals surface area contributed by atoms with E-state index in [0.29, 0.717) is 18.7 Å². The zero-order valence-electron chi connectivity index (χ0n) is 8.90. The molecule has 0 radical (unpaired) electrons.